The van der Waals surface area contributed by atoms with Gasteiger partial charge in [0.15, 0.2) is 10.8 Å². The average molecular weight is 246 g/mol. The van der Waals surface area contributed by atoms with Crippen LogP contribution in [0.3, 0.4) is 0 Å². The van der Waals surface area contributed by atoms with Crippen molar-refractivity contribution >= 4 is 16.3 Å². The zero-order valence-electron chi connectivity index (χ0n) is 9.21. The molecule has 0 radical (unpaired) electrons. The standard InChI is InChI=1S/C10H10N6S/c1-5-4-7(12-11-5)9-15-16-8(6-2-3-6)13-14-10(16)17-9/h4,6H,2-3H2,1H3,(H,11,12). The summed E-state index contributed by atoms with van der Waals surface area (Å²) in [7, 11) is 0. The topological polar surface area (TPSA) is 71.8 Å². The number of nitrogens with one attached hydrogen (secondary N) is 1. The molecule has 7 heteroatoms. The lowest BCUT2D eigenvalue weighted by molar-refractivity contribution is 0.827. The smallest absolute Gasteiger partial charge is 0.235 e. The number of rotatable bonds is 2. The van der Waals surface area contributed by atoms with Gasteiger partial charge >= 0.3 is 0 Å². The molecule has 0 saturated heterocycles. The molecule has 6 nitrogen and oxygen atoms in total. The molecule has 17 heavy (non-hydrogen) atoms. The Bertz CT molecular complexity index is 689. The van der Waals surface area contributed by atoms with Crippen LogP contribution in [0.4, 0.5) is 0 Å². The summed E-state index contributed by atoms with van der Waals surface area (Å²) in [4.78, 5) is 0.850. The number of aryl methyl sites for hydroxylation is 1. The Labute approximate surface area is 101 Å². The summed E-state index contributed by atoms with van der Waals surface area (Å²) in [6.45, 7) is 1.98. The van der Waals surface area contributed by atoms with E-state index in [0.717, 1.165) is 27.2 Å². The fraction of sp³-hybridized carbons (Fsp3) is 0.400. The van der Waals surface area contributed by atoms with E-state index in [4.69, 9.17) is 0 Å². The number of aromatic nitrogens is 6. The molecule has 0 spiro atoms. The Morgan fingerprint density at radius 3 is 3.00 bits per heavy atom. The minimum atomic E-state index is 0.556. The molecule has 1 aliphatic carbocycles. The summed E-state index contributed by atoms with van der Waals surface area (Å²) in [5.41, 5.74) is 1.91. The zero-order chi connectivity index (χ0) is 11.4. The van der Waals surface area contributed by atoms with Gasteiger partial charge in [-0.1, -0.05) is 11.3 Å². The Kier molecular flexibility index (Phi) is 1.71. The lowest BCUT2D eigenvalue weighted by Gasteiger charge is -1.89. The number of nitrogens with zero attached hydrogens (tertiary/aromatic N) is 5. The first kappa shape index (κ1) is 9.29. The third kappa shape index (κ3) is 1.39. The summed E-state index contributed by atoms with van der Waals surface area (Å²) in [5, 5.41) is 20.9. The maximum Gasteiger partial charge on any atom is 0.235 e. The number of fused-ring (bicyclic) bond motifs is 1. The second-order valence-electron chi connectivity index (χ2n) is 4.37. The largest absolute Gasteiger partial charge is 0.282 e. The maximum atomic E-state index is 4.55. The third-order valence-electron chi connectivity index (χ3n) is 2.88. The van der Waals surface area contributed by atoms with Gasteiger partial charge in [-0.05, 0) is 25.8 Å². The molecule has 0 unspecified atom stereocenters. The monoisotopic (exact) mass is 246 g/mol. The highest BCUT2D eigenvalue weighted by molar-refractivity contribution is 7.19. The first-order chi connectivity index (χ1) is 8.31. The van der Waals surface area contributed by atoms with Gasteiger partial charge in [-0.25, -0.2) is 0 Å². The van der Waals surface area contributed by atoms with Gasteiger partial charge in [0.1, 0.15) is 5.69 Å². The summed E-state index contributed by atoms with van der Waals surface area (Å²) in [6, 6.07) is 1.99. The van der Waals surface area contributed by atoms with E-state index in [0.29, 0.717) is 5.92 Å². The van der Waals surface area contributed by atoms with Crippen LogP contribution in [0.15, 0.2) is 6.07 Å². The fourth-order valence-electron chi connectivity index (χ4n) is 1.86. The van der Waals surface area contributed by atoms with Crippen molar-refractivity contribution < 1.29 is 0 Å². The van der Waals surface area contributed by atoms with Crippen molar-refractivity contribution in [1.82, 2.24) is 30.0 Å². The highest BCUT2D eigenvalue weighted by atomic mass is 32.1. The van der Waals surface area contributed by atoms with Gasteiger partial charge < -0.3 is 0 Å². The van der Waals surface area contributed by atoms with E-state index < -0.39 is 0 Å². The lowest BCUT2D eigenvalue weighted by Crippen LogP contribution is -1.93. The van der Waals surface area contributed by atoms with E-state index >= 15 is 0 Å². The molecule has 3 aromatic heterocycles. The quantitative estimate of drug-likeness (QED) is 0.748. The molecule has 0 aromatic carbocycles. The van der Waals surface area contributed by atoms with Crippen molar-refractivity contribution in [3.63, 3.8) is 0 Å². The zero-order valence-corrected chi connectivity index (χ0v) is 10.0. The molecule has 0 bridgehead atoms. The van der Waals surface area contributed by atoms with E-state index in [-0.39, 0.29) is 0 Å². The van der Waals surface area contributed by atoms with Crippen LogP contribution in [0.25, 0.3) is 15.7 Å². The van der Waals surface area contributed by atoms with Gasteiger partial charge in [0.05, 0.1) is 0 Å². The second-order valence-corrected chi connectivity index (χ2v) is 5.33. The van der Waals surface area contributed by atoms with E-state index in [2.05, 4.69) is 25.5 Å². The lowest BCUT2D eigenvalue weighted by atomic mass is 10.4. The number of H-pyrrole nitrogens is 1. The summed E-state index contributed by atoms with van der Waals surface area (Å²) >= 11 is 1.53. The van der Waals surface area contributed by atoms with E-state index in [9.17, 15) is 0 Å². The third-order valence-corrected chi connectivity index (χ3v) is 3.80. The van der Waals surface area contributed by atoms with Crippen LogP contribution in [0.1, 0.15) is 30.3 Å². The predicted molar refractivity (Wildman–Crippen MR) is 63.0 cm³/mol. The van der Waals surface area contributed by atoms with Crippen molar-refractivity contribution in [2.75, 3.05) is 0 Å². The molecule has 4 rings (SSSR count). The minimum Gasteiger partial charge on any atom is -0.282 e. The summed E-state index contributed by atoms with van der Waals surface area (Å²) in [6.07, 6.45) is 2.41. The molecule has 0 aliphatic heterocycles. The highest BCUT2D eigenvalue weighted by Gasteiger charge is 2.30. The normalized spacial score (nSPS) is 15.8. The number of hydrogen-bond acceptors (Lipinski definition) is 5. The van der Waals surface area contributed by atoms with E-state index in [1.54, 1.807) is 0 Å². The Balaban J connectivity index is 1.86. The van der Waals surface area contributed by atoms with Crippen LogP contribution in [-0.2, 0) is 0 Å². The van der Waals surface area contributed by atoms with Crippen LogP contribution < -0.4 is 0 Å². The first-order valence-corrected chi connectivity index (χ1v) is 6.37. The van der Waals surface area contributed by atoms with Gasteiger partial charge in [-0.2, -0.15) is 14.7 Å². The van der Waals surface area contributed by atoms with E-state index in [1.807, 2.05) is 17.5 Å². The van der Waals surface area contributed by atoms with Gasteiger partial charge in [0, 0.05) is 11.6 Å². The number of aromatic amines is 1. The second kappa shape index (κ2) is 3.13. The Hall–Kier alpha value is -1.76. The highest BCUT2D eigenvalue weighted by Crippen LogP contribution is 2.39. The summed E-state index contributed by atoms with van der Waals surface area (Å²) in [5.74, 6) is 1.55. The van der Waals surface area contributed by atoms with E-state index in [1.165, 1.54) is 24.2 Å². The molecular formula is C10H10N6S. The predicted octanol–water partition coefficient (Wildman–Crippen LogP) is 1.76. The molecule has 3 aromatic rings. The molecule has 1 aliphatic rings. The average Bonchev–Trinajstić information content (AvgIpc) is 2.73. The SMILES string of the molecule is Cc1cc(-c2nn3c(C4CC4)nnc3s2)n[nH]1. The molecule has 0 amide bonds. The number of hydrogen-bond donors (Lipinski definition) is 1. The van der Waals surface area contributed by atoms with Gasteiger partial charge in [0.25, 0.3) is 0 Å². The molecule has 1 saturated carbocycles. The first-order valence-electron chi connectivity index (χ1n) is 5.56. The minimum absolute atomic E-state index is 0.556. The molecular weight excluding hydrogens is 236 g/mol. The van der Waals surface area contributed by atoms with Crippen LogP contribution in [0, 0.1) is 6.92 Å². The van der Waals surface area contributed by atoms with Crippen molar-refractivity contribution in [3.8, 4) is 10.7 Å². The fourth-order valence-corrected chi connectivity index (χ4v) is 2.67. The Morgan fingerprint density at radius 2 is 2.29 bits per heavy atom. The Morgan fingerprint density at radius 1 is 1.41 bits per heavy atom. The van der Waals surface area contributed by atoms with Crippen molar-refractivity contribution in [3.05, 3.63) is 17.6 Å². The molecule has 1 fully saturated rings. The van der Waals surface area contributed by atoms with Gasteiger partial charge in [-0.15, -0.1) is 10.2 Å². The van der Waals surface area contributed by atoms with Crippen molar-refractivity contribution in [2.24, 2.45) is 0 Å². The van der Waals surface area contributed by atoms with Gasteiger partial charge in [-0.3, -0.25) is 5.10 Å². The van der Waals surface area contributed by atoms with Gasteiger partial charge in [0.2, 0.25) is 4.96 Å². The maximum absolute atomic E-state index is 4.55. The molecule has 3 heterocycles. The van der Waals surface area contributed by atoms with Crippen LogP contribution in [0.2, 0.25) is 0 Å². The van der Waals surface area contributed by atoms with Crippen LogP contribution >= 0.6 is 11.3 Å². The summed E-state index contributed by atoms with van der Waals surface area (Å²) < 4.78 is 1.86. The molecule has 0 atom stereocenters. The van der Waals surface area contributed by atoms with Crippen molar-refractivity contribution in [1.29, 1.82) is 0 Å². The molecule has 86 valence electrons. The molecule has 1 N–H and O–H groups in total. The van der Waals surface area contributed by atoms with Crippen molar-refractivity contribution in [2.45, 2.75) is 25.7 Å². The van der Waals surface area contributed by atoms with Crippen LogP contribution in [0.5, 0.6) is 0 Å². The van der Waals surface area contributed by atoms with Crippen LogP contribution in [-0.4, -0.2) is 30.0 Å².